The number of pyridine rings is 1. The molecule has 0 aliphatic carbocycles. The van der Waals surface area contributed by atoms with E-state index in [1.54, 1.807) is 12.5 Å². The highest BCUT2D eigenvalue weighted by Crippen LogP contribution is 2.05. The summed E-state index contributed by atoms with van der Waals surface area (Å²) in [5, 5.41) is 0. The lowest BCUT2D eigenvalue weighted by Gasteiger charge is -2.04. The number of carbonyl (C=O) groups is 1. The number of hydrogen-bond acceptors (Lipinski definition) is 4. The van der Waals surface area contributed by atoms with Gasteiger partial charge in [-0.15, -0.1) is 0 Å². The van der Waals surface area contributed by atoms with Crippen LogP contribution in [0.25, 0.3) is 0 Å². The van der Waals surface area contributed by atoms with Crippen molar-refractivity contribution in [1.29, 1.82) is 0 Å². The van der Waals surface area contributed by atoms with Gasteiger partial charge in [0, 0.05) is 18.8 Å². The lowest BCUT2D eigenvalue weighted by Crippen LogP contribution is -2.07. The first-order valence-electron chi connectivity index (χ1n) is 6.41. The molecule has 0 saturated carbocycles. The Morgan fingerprint density at radius 2 is 2.21 bits per heavy atom. The number of nitrogens with zero attached hydrogens (tertiary/aromatic N) is 1. The minimum atomic E-state index is -0.178. The SMILES string of the molecule is O=C(CCc1ccco1)OCCCc1cccnc1. The second kappa shape index (κ2) is 7.36. The Morgan fingerprint density at radius 1 is 1.26 bits per heavy atom. The van der Waals surface area contributed by atoms with Gasteiger partial charge in [0.15, 0.2) is 0 Å². The van der Waals surface area contributed by atoms with Crippen LogP contribution < -0.4 is 0 Å². The third-order valence-electron chi connectivity index (χ3n) is 2.75. The summed E-state index contributed by atoms with van der Waals surface area (Å²) in [6.07, 6.45) is 7.83. The molecule has 0 fully saturated rings. The molecule has 2 heterocycles. The average molecular weight is 259 g/mol. The first-order chi connectivity index (χ1) is 9.34. The first-order valence-corrected chi connectivity index (χ1v) is 6.41. The molecule has 19 heavy (non-hydrogen) atoms. The molecule has 2 rings (SSSR count). The van der Waals surface area contributed by atoms with Crippen LogP contribution in [0.4, 0.5) is 0 Å². The molecular weight excluding hydrogens is 242 g/mol. The van der Waals surface area contributed by atoms with E-state index in [0.717, 1.165) is 24.2 Å². The Kier molecular flexibility index (Phi) is 5.17. The third-order valence-corrected chi connectivity index (χ3v) is 2.75. The van der Waals surface area contributed by atoms with Gasteiger partial charge in [-0.1, -0.05) is 6.07 Å². The maximum absolute atomic E-state index is 11.5. The van der Waals surface area contributed by atoms with Crippen LogP contribution in [0.15, 0.2) is 47.3 Å². The predicted octanol–water partition coefficient (Wildman–Crippen LogP) is 2.78. The van der Waals surface area contributed by atoms with Crippen molar-refractivity contribution in [1.82, 2.24) is 4.98 Å². The van der Waals surface area contributed by atoms with Crippen LogP contribution in [0, 0.1) is 0 Å². The maximum Gasteiger partial charge on any atom is 0.306 e. The zero-order valence-electron chi connectivity index (χ0n) is 10.7. The lowest BCUT2D eigenvalue weighted by atomic mass is 10.2. The van der Waals surface area contributed by atoms with Gasteiger partial charge in [-0.05, 0) is 36.6 Å². The highest BCUT2D eigenvalue weighted by molar-refractivity contribution is 5.69. The topological polar surface area (TPSA) is 52.3 Å². The number of furan rings is 1. The molecule has 2 aromatic heterocycles. The standard InChI is InChI=1S/C15H17NO3/c17-15(8-7-14-6-3-10-18-14)19-11-2-5-13-4-1-9-16-12-13/h1,3-4,6,9-10,12H,2,5,7-8,11H2. The molecule has 0 radical (unpaired) electrons. The van der Waals surface area contributed by atoms with Gasteiger partial charge in [0.25, 0.3) is 0 Å². The van der Waals surface area contributed by atoms with Crippen molar-refractivity contribution in [2.45, 2.75) is 25.7 Å². The van der Waals surface area contributed by atoms with Crippen molar-refractivity contribution in [3.8, 4) is 0 Å². The van der Waals surface area contributed by atoms with Gasteiger partial charge >= 0.3 is 5.97 Å². The highest BCUT2D eigenvalue weighted by atomic mass is 16.5. The summed E-state index contributed by atoms with van der Waals surface area (Å²) >= 11 is 0. The minimum absolute atomic E-state index is 0.178. The van der Waals surface area contributed by atoms with Crippen molar-refractivity contribution in [3.05, 3.63) is 54.2 Å². The number of aromatic nitrogens is 1. The number of carbonyl (C=O) groups excluding carboxylic acids is 1. The van der Waals surface area contributed by atoms with Gasteiger partial charge in [-0.2, -0.15) is 0 Å². The zero-order valence-corrected chi connectivity index (χ0v) is 10.7. The largest absolute Gasteiger partial charge is 0.469 e. The molecule has 2 aromatic rings. The van der Waals surface area contributed by atoms with E-state index in [4.69, 9.17) is 9.15 Å². The molecule has 0 unspecified atom stereocenters. The Hall–Kier alpha value is -2.10. The number of aryl methyl sites for hydroxylation is 2. The fourth-order valence-electron chi connectivity index (χ4n) is 1.76. The molecule has 0 atom stereocenters. The molecule has 100 valence electrons. The monoisotopic (exact) mass is 259 g/mol. The van der Waals surface area contributed by atoms with Crippen LogP contribution in [-0.4, -0.2) is 17.6 Å². The number of hydrogen-bond donors (Lipinski definition) is 0. The van der Waals surface area contributed by atoms with E-state index in [9.17, 15) is 4.79 Å². The summed E-state index contributed by atoms with van der Waals surface area (Å²) in [6.45, 7) is 0.450. The highest BCUT2D eigenvalue weighted by Gasteiger charge is 2.05. The Balaban J connectivity index is 1.57. The molecular formula is C15H17NO3. The summed E-state index contributed by atoms with van der Waals surface area (Å²) in [5.41, 5.74) is 1.16. The molecule has 4 heteroatoms. The van der Waals surface area contributed by atoms with E-state index in [1.165, 1.54) is 0 Å². The van der Waals surface area contributed by atoms with Gasteiger partial charge in [0.1, 0.15) is 5.76 Å². The summed E-state index contributed by atoms with van der Waals surface area (Å²) in [6, 6.07) is 7.60. The second-order valence-corrected chi connectivity index (χ2v) is 4.26. The number of ether oxygens (including phenoxy) is 1. The summed E-state index contributed by atoms with van der Waals surface area (Å²) in [7, 11) is 0. The molecule has 4 nitrogen and oxygen atoms in total. The van der Waals surface area contributed by atoms with Crippen LogP contribution in [0.5, 0.6) is 0 Å². The van der Waals surface area contributed by atoms with Gasteiger partial charge in [0.2, 0.25) is 0 Å². The Morgan fingerprint density at radius 3 is 2.95 bits per heavy atom. The zero-order chi connectivity index (χ0) is 13.3. The predicted molar refractivity (Wildman–Crippen MR) is 70.5 cm³/mol. The lowest BCUT2D eigenvalue weighted by molar-refractivity contribution is -0.143. The molecule has 0 saturated heterocycles. The van der Waals surface area contributed by atoms with Gasteiger partial charge in [-0.25, -0.2) is 0 Å². The van der Waals surface area contributed by atoms with E-state index >= 15 is 0 Å². The summed E-state index contributed by atoms with van der Waals surface area (Å²) in [5.74, 6) is 0.634. The van der Waals surface area contributed by atoms with Gasteiger partial charge < -0.3 is 9.15 Å². The molecule has 0 aliphatic rings. The maximum atomic E-state index is 11.5. The number of esters is 1. The van der Waals surface area contributed by atoms with Crippen LogP contribution in [0.2, 0.25) is 0 Å². The molecule has 0 N–H and O–H groups in total. The van der Waals surface area contributed by atoms with E-state index in [0.29, 0.717) is 19.4 Å². The smallest absolute Gasteiger partial charge is 0.306 e. The van der Waals surface area contributed by atoms with Crippen LogP contribution in [0.3, 0.4) is 0 Å². The molecule has 0 spiro atoms. The van der Waals surface area contributed by atoms with E-state index < -0.39 is 0 Å². The molecule has 0 aliphatic heterocycles. The van der Waals surface area contributed by atoms with Crippen molar-refractivity contribution in [2.75, 3.05) is 6.61 Å². The fourth-order valence-corrected chi connectivity index (χ4v) is 1.76. The average Bonchev–Trinajstić information content (AvgIpc) is 2.96. The van der Waals surface area contributed by atoms with Crippen LogP contribution in [0.1, 0.15) is 24.2 Å². The van der Waals surface area contributed by atoms with Crippen molar-refractivity contribution >= 4 is 5.97 Å². The van der Waals surface area contributed by atoms with Crippen molar-refractivity contribution in [2.24, 2.45) is 0 Å². The van der Waals surface area contributed by atoms with E-state index in [1.807, 2.05) is 30.5 Å². The Labute approximate surface area is 112 Å². The Bertz CT molecular complexity index is 479. The third kappa shape index (κ3) is 4.95. The summed E-state index contributed by atoms with van der Waals surface area (Å²) in [4.78, 5) is 15.5. The van der Waals surface area contributed by atoms with Crippen molar-refractivity contribution in [3.63, 3.8) is 0 Å². The minimum Gasteiger partial charge on any atom is -0.469 e. The van der Waals surface area contributed by atoms with E-state index in [2.05, 4.69) is 4.98 Å². The van der Waals surface area contributed by atoms with Crippen molar-refractivity contribution < 1.29 is 13.9 Å². The first kappa shape index (κ1) is 13.3. The normalized spacial score (nSPS) is 10.3. The molecule has 0 amide bonds. The quantitative estimate of drug-likeness (QED) is 0.566. The molecule has 0 aromatic carbocycles. The molecule has 0 bridgehead atoms. The van der Waals surface area contributed by atoms with Gasteiger partial charge in [0.05, 0.1) is 19.3 Å². The van der Waals surface area contributed by atoms with Crippen LogP contribution in [-0.2, 0) is 22.4 Å². The fraction of sp³-hybridized carbons (Fsp3) is 0.333. The second-order valence-electron chi connectivity index (χ2n) is 4.26. The summed E-state index contributed by atoms with van der Waals surface area (Å²) < 4.78 is 10.3. The number of rotatable bonds is 7. The van der Waals surface area contributed by atoms with E-state index in [-0.39, 0.29) is 5.97 Å². The van der Waals surface area contributed by atoms with Gasteiger partial charge in [-0.3, -0.25) is 9.78 Å². The van der Waals surface area contributed by atoms with Crippen LogP contribution >= 0.6 is 0 Å².